The SMILES string of the molecule is CCC(C)N(C)C(=O)NC1COCC1C(=O)O. The van der Waals surface area contributed by atoms with Crippen molar-refractivity contribution in [3.63, 3.8) is 0 Å². The Labute approximate surface area is 101 Å². The first-order chi connectivity index (χ1) is 7.97. The smallest absolute Gasteiger partial charge is 0.317 e. The van der Waals surface area contributed by atoms with Gasteiger partial charge >= 0.3 is 12.0 Å². The number of carboxylic acid groups (broad SMARTS) is 1. The van der Waals surface area contributed by atoms with Crippen molar-refractivity contribution in [2.24, 2.45) is 5.92 Å². The van der Waals surface area contributed by atoms with Crippen LogP contribution in [0.1, 0.15) is 20.3 Å². The maximum absolute atomic E-state index is 11.8. The van der Waals surface area contributed by atoms with Crippen molar-refractivity contribution >= 4 is 12.0 Å². The van der Waals surface area contributed by atoms with Crippen LogP contribution in [0.15, 0.2) is 0 Å². The number of aliphatic carboxylic acids is 1. The highest BCUT2D eigenvalue weighted by Gasteiger charge is 2.35. The Bertz CT molecular complexity index is 295. The van der Waals surface area contributed by atoms with Crippen molar-refractivity contribution in [2.75, 3.05) is 20.3 Å². The molecule has 2 amide bonds. The van der Waals surface area contributed by atoms with E-state index in [2.05, 4.69) is 5.32 Å². The normalized spacial score (nSPS) is 25.4. The number of urea groups is 1. The zero-order chi connectivity index (χ0) is 13.0. The summed E-state index contributed by atoms with van der Waals surface area (Å²) in [5, 5.41) is 11.7. The Kier molecular flexibility index (Phi) is 4.74. The van der Waals surface area contributed by atoms with Gasteiger partial charge in [-0.25, -0.2) is 4.79 Å². The maximum Gasteiger partial charge on any atom is 0.317 e. The molecule has 0 saturated carbocycles. The fourth-order valence-electron chi connectivity index (χ4n) is 1.67. The minimum Gasteiger partial charge on any atom is -0.481 e. The minimum atomic E-state index is -0.931. The van der Waals surface area contributed by atoms with E-state index in [1.165, 1.54) is 0 Å². The molecule has 0 aromatic carbocycles. The molecule has 0 bridgehead atoms. The summed E-state index contributed by atoms with van der Waals surface area (Å²) in [5.41, 5.74) is 0. The molecule has 1 aliphatic rings. The molecule has 0 aromatic heterocycles. The quantitative estimate of drug-likeness (QED) is 0.756. The molecule has 3 unspecified atom stereocenters. The minimum absolute atomic E-state index is 0.126. The number of ether oxygens (including phenoxy) is 1. The maximum atomic E-state index is 11.8. The van der Waals surface area contributed by atoms with Gasteiger partial charge in [0.25, 0.3) is 0 Å². The third-order valence-electron chi connectivity index (χ3n) is 3.28. The number of nitrogens with one attached hydrogen (secondary N) is 1. The first kappa shape index (κ1) is 13.8. The molecule has 6 heteroatoms. The second-order valence-corrected chi connectivity index (χ2v) is 4.41. The van der Waals surface area contributed by atoms with Gasteiger partial charge in [-0.2, -0.15) is 0 Å². The van der Waals surface area contributed by atoms with Gasteiger partial charge in [0, 0.05) is 13.1 Å². The van der Waals surface area contributed by atoms with Crippen LogP contribution in [0.2, 0.25) is 0 Å². The second-order valence-electron chi connectivity index (χ2n) is 4.41. The number of nitrogens with zero attached hydrogens (tertiary/aromatic N) is 1. The zero-order valence-electron chi connectivity index (χ0n) is 10.5. The fraction of sp³-hybridized carbons (Fsp3) is 0.818. The molecule has 6 nitrogen and oxygen atoms in total. The Morgan fingerprint density at radius 3 is 2.71 bits per heavy atom. The molecular formula is C11H20N2O4. The molecule has 17 heavy (non-hydrogen) atoms. The molecule has 2 N–H and O–H groups in total. The number of carboxylic acids is 1. The fourth-order valence-corrected chi connectivity index (χ4v) is 1.67. The van der Waals surface area contributed by atoms with Gasteiger partial charge in [-0.3, -0.25) is 4.79 Å². The Hall–Kier alpha value is -1.30. The average Bonchev–Trinajstić information content (AvgIpc) is 2.75. The predicted molar refractivity (Wildman–Crippen MR) is 61.8 cm³/mol. The van der Waals surface area contributed by atoms with Crippen molar-refractivity contribution in [3.05, 3.63) is 0 Å². The Balaban J connectivity index is 2.53. The van der Waals surface area contributed by atoms with Gasteiger partial charge in [0.15, 0.2) is 0 Å². The standard InChI is InChI=1S/C11H20N2O4/c1-4-7(2)13(3)11(16)12-9-6-17-5-8(9)10(14)15/h7-9H,4-6H2,1-3H3,(H,12,16)(H,14,15). The van der Waals surface area contributed by atoms with Gasteiger partial charge in [0.05, 0.1) is 19.3 Å². The number of hydrogen-bond donors (Lipinski definition) is 2. The van der Waals surface area contributed by atoms with Crippen molar-refractivity contribution in [1.82, 2.24) is 10.2 Å². The highest BCUT2D eigenvalue weighted by atomic mass is 16.5. The van der Waals surface area contributed by atoms with E-state index in [9.17, 15) is 9.59 Å². The van der Waals surface area contributed by atoms with Gasteiger partial charge in [0.2, 0.25) is 0 Å². The van der Waals surface area contributed by atoms with Crippen molar-refractivity contribution < 1.29 is 19.4 Å². The predicted octanol–water partition coefficient (Wildman–Crippen LogP) is 0.526. The summed E-state index contributed by atoms with van der Waals surface area (Å²) >= 11 is 0. The number of carbonyl (C=O) groups excluding carboxylic acids is 1. The number of amides is 2. The Morgan fingerprint density at radius 1 is 1.53 bits per heavy atom. The number of hydrogen-bond acceptors (Lipinski definition) is 3. The first-order valence-electron chi connectivity index (χ1n) is 5.81. The van der Waals surface area contributed by atoms with Gasteiger partial charge in [-0.15, -0.1) is 0 Å². The lowest BCUT2D eigenvalue weighted by Gasteiger charge is -2.26. The zero-order valence-corrected chi connectivity index (χ0v) is 10.5. The molecule has 1 rings (SSSR count). The molecule has 1 saturated heterocycles. The molecular weight excluding hydrogens is 224 g/mol. The van der Waals surface area contributed by atoms with Gasteiger partial charge in [-0.1, -0.05) is 6.92 Å². The van der Waals surface area contributed by atoms with E-state index in [4.69, 9.17) is 9.84 Å². The van der Waals surface area contributed by atoms with E-state index in [1.54, 1.807) is 11.9 Å². The molecule has 0 aromatic rings. The molecule has 0 spiro atoms. The van der Waals surface area contributed by atoms with Crippen molar-refractivity contribution in [3.8, 4) is 0 Å². The molecule has 1 aliphatic heterocycles. The highest BCUT2D eigenvalue weighted by molar-refractivity contribution is 5.77. The molecule has 1 heterocycles. The number of rotatable bonds is 4. The van der Waals surface area contributed by atoms with Crippen LogP contribution in [0.4, 0.5) is 4.79 Å². The monoisotopic (exact) mass is 244 g/mol. The lowest BCUT2D eigenvalue weighted by atomic mass is 10.0. The van der Waals surface area contributed by atoms with E-state index in [0.717, 1.165) is 6.42 Å². The Morgan fingerprint density at radius 2 is 2.18 bits per heavy atom. The van der Waals surface area contributed by atoms with Crippen LogP contribution >= 0.6 is 0 Å². The number of carbonyl (C=O) groups is 2. The topological polar surface area (TPSA) is 78.9 Å². The van der Waals surface area contributed by atoms with E-state index < -0.39 is 17.9 Å². The van der Waals surface area contributed by atoms with Crippen LogP contribution < -0.4 is 5.32 Å². The molecule has 1 fully saturated rings. The molecule has 0 aliphatic carbocycles. The van der Waals surface area contributed by atoms with E-state index in [0.29, 0.717) is 0 Å². The van der Waals surface area contributed by atoms with Crippen LogP contribution in [0.25, 0.3) is 0 Å². The second kappa shape index (κ2) is 5.86. The lowest BCUT2D eigenvalue weighted by molar-refractivity contribution is -0.142. The average molecular weight is 244 g/mol. The van der Waals surface area contributed by atoms with Gasteiger partial charge < -0.3 is 20.1 Å². The summed E-state index contributed by atoms with van der Waals surface area (Å²) in [6.45, 7) is 4.36. The first-order valence-corrected chi connectivity index (χ1v) is 5.81. The van der Waals surface area contributed by atoms with Crippen LogP contribution in [0.5, 0.6) is 0 Å². The van der Waals surface area contributed by atoms with Crippen LogP contribution in [-0.2, 0) is 9.53 Å². The summed E-state index contributed by atoms with van der Waals surface area (Å²) in [6, 6.07) is -0.562. The van der Waals surface area contributed by atoms with E-state index >= 15 is 0 Å². The third kappa shape index (κ3) is 3.33. The molecule has 98 valence electrons. The van der Waals surface area contributed by atoms with Crippen LogP contribution in [-0.4, -0.2) is 54.4 Å². The summed E-state index contributed by atoms with van der Waals surface area (Å²) in [7, 11) is 1.70. The molecule has 0 radical (unpaired) electrons. The van der Waals surface area contributed by atoms with Crippen LogP contribution in [0.3, 0.4) is 0 Å². The third-order valence-corrected chi connectivity index (χ3v) is 3.28. The van der Waals surface area contributed by atoms with Crippen LogP contribution in [0, 0.1) is 5.92 Å². The van der Waals surface area contributed by atoms with Crippen molar-refractivity contribution in [1.29, 1.82) is 0 Å². The lowest BCUT2D eigenvalue weighted by Crippen LogP contribution is -2.49. The van der Waals surface area contributed by atoms with Crippen molar-refractivity contribution in [2.45, 2.75) is 32.4 Å². The van der Waals surface area contributed by atoms with E-state index in [1.807, 2.05) is 13.8 Å². The van der Waals surface area contributed by atoms with E-state index in [-0.39, 0.29) is 25.3 Å². The highest BCUT2D eigenvalue weighted by Crippen LogP contribution is 2.14. The summed E-state index contributed by atoms with van der Waals surface area (Å²) < 4.78 is 5.08. The van der Waals surface area contributed by atoms with Gasteiger partial charge in [-0.05, 0) is 13.3 Å². The summed E-state index contributed by atoms with van der Waals surface area (Å²) in [4.78, 5) is 24.3. The summed E-state index contributed by atoms with van der Waals surface area (Å²) in [6.07, 6.45) is 0.855. The van der Waals surface area contributed by atoms with Gasteiger partial charge in [0.1, 0.15) is 5.92 Å². The largest absolute Gasteiger partial charge is 0.481 e. The molecule has 3 atom stereocenters. The summed E-state index contributed by atoms with van der Waals surface area (Å²) in [5.74, 6) is -1.58.